The molecule has 0 radical (unpaired) electrons. The van der Waals surface area contributed by atoms with Crippen LogP contribution in [0, 0.1) is 6.92 Å². The molecule has 0 bridgehead atoms. The van der Waals surface area contributed by atoms with Gasteiger partial charge in [0, 0.05) is 22.6 Å². The van der Waals surface area contributed by atoms with Crippen LogP contribution in [-0.2, 0) is 13.2 Å². The summed E-state index contributed by atoms with van der Waals surface area (Å²) in [5, 5.41) is 4.20. The van der Waals surface area contributed by atoms with Crippen molar-refractivity contribution in [1.82, 2.24) is 14.8 Å². The van der Waals surface area contributed by atoms with Crippen LogP contribution in [0.15, 0.2) is 22.9 Å². The van der Waals surface area contributed by atoms with E-state index in [1.807, 2.05) is 23.7 Å². The normalized spacial score (nSPS) is 11.1. The van der Waals surface area contributed by atoms with Crippen molar-refractivity contribution in [2.75, 3.05) is 0 Å². The summed E-state index contributed by atoms with van der Waals surface area (Å²) in [5.74, 6) is 1.64. The van der Waals surface area contributed by atoms with Gasteiger partial charge in [-0.25, -0.2) is 9.67 Å². The van der Waals surface area contributed by atoms with Gasteiger partial charge in [-0.3, -0.25) is 0 Å². The summed E-state index contributed by atoms with van der Waals surface area (Å²) in [6, 6.07) is 4.26. The van der Waals surface area contributed by atoms with Gasteiger partial charge in [0.1, 0.15) is 18.7 Å². The van der Waals surface area contributed by atoms with Crippen LogP contribution in [0.5, 0.6) is 5.75 Å². The topological polar surface area (TPSA) is 66.0 Å². The molecule has 0 aliphatic rings. The maximum absolute atomic E-state index is 5.92. The molecule has 0 aliphatic carbocycles. The van der Waals surface area contributed by atoms with Crippen molar-refractivity contribution in [2.45, 2.75) is 40.0 Å². The van der Waals surface area contributed by atoms with Crippen LogP contribution in [-0.4, -0.2) is 14.8 Å². The third kappa shape index (κ3) is 3.19. The summed E-state index contributed by atoms with van der Waals surface area (Å²) in [7, 11) is 0. The molecule has 1 heterocycles. The number of halogens is 1. The summed E-state index contributed by atoms with van der Waals surface area (Å²) < 4.78 is 8.79. The molecule has 1 aromatic carbocycles. The molecule has 0 spiro atoms. The number of benzene rings is 1. The molecule has 1 aromatic heterocycles. The fourth-order valence-electron chi connectivity index (χ4n) is 2.10. The number of hydrogen-bond acceptors (Lipinski definition) is 4. The Bertz CT molecular complexity index is 595. The minimum Gasteiger partial charge on any atom is -0.485 e. The van der Waals surface area contributed by atoms with E-state index < -0.39 is 0 Å². The van der Waals surface area contributed by atoms with E-state index in [4.69, 9.17) is 10.5 Å². The van der Waals surface area contributed by atoms with Gasteiger partial charge in [0.2, 0.25) is 0 Å². The predicted molar refractivity (Wildman–Crippen MR) is 81.5 cm³/mol. The lowest BCUT2D eigenvalue weighted by Gasteiger charge is -2.15. The van der Waals surface area contributed by atoms with E-state index in [0.29, 0.717) is 13.2 Å². The Morgan fingerprint density at radius 3 is 2.80 bits per heavy atom. The van der Waals surface area contributed by atoms with Crippen molar-refractivity contribution in [2.24, 2.45) is 5.73 Å². The van der Waals surface area contributed by atoms with Gasteiger partial charge in [0.25, 0.3) is 0 Å². The molecule has 20 heavy (non-hydrogen) atoms. The van der Waals surface area contributed by atoms with Crippen molar-refractivity contribution in [3.05, 3.63) is 39.9 Å². The second kappa shape index (κ2) is 6.37. The number of ether oxygens (including phenoxy) is 1. The lowest BCUT2D eigenvalue weighted by atomic mass is 10.1. The van der Waals surface area contributed by atoms with Crippen LogP contribution in [0.4, 0.5) is 0 Å². The van der Waals surface area contributed by atoms with Gasteiger partial charge in [-0.2, -0.15) is 5.10 Å². The molecular weight excluding hydrogens is 320 g/mol. The van der Waals surface area contributed by atoms with Gasteiger partial charge < -0.3 is 10.5 Å². The first-order valence-electron chi connectivity index (χ1n) is 6.53. The quantitative estimate of drug-likeness (QED) is 0.910. The Morgan fingerprint density at radius 2 is 2.15 bits per heavy atom. The average molecular weight is 339 g/mol. The van der Waals surface area contributed by atoms with Crippen molar-refractivity contribution in [1.29, 1.82) is 0 Å². The van der Waals surface area contributed by atoms with Gasteiger partial charge in [-0.05, 0) is 38.5 Å². The molecule has 2 rings (SSSR count). The first kappa shape index (κ1) is 15.0. The van der Waals surface area contributed by atoms with E-state index in [1.165, 1.54) is 0 Å². The van der Waals surface area contributed by atoms with E-state index in [-0.39, 0.29) is 6.04 Å². The van der Waals surface area contributed by atoms with E-state index in [0.717, 1.165) is 27.2 Å². The zero-order valence-corrected chi connectivity index (χ0v) is 13.5. The van der Waals surface area contributed by atoms with E-state index >= 15 is 0 Å². The molecule has 2 aromatic rings. The molecule has 5 nitrogen and oxygen atoms in total. The maximum atomic E-state index is 5.92. The third-order valence-corrected chi connectivity index (χ3v) is 3.48. The Morgan fingerprint density at radius 1 is 1.40 bits per heavy atom. The number of aryl methyl sites for hydroxylation is 1. The number of aromatic nitrogens is 3. The van der Waals surface area contributed by atoms with Crippen LogP contribution in [0.1, 0.15) is 36.8 Å². The molecule has 108 valence electrons. The van der Waals surface area contributed by atoms with Crippen molar-refractivity contribution in [3.63, 3.8) is 0 Å². The zero-order valence-electron chi connectivity index (χ0n) is 11.9. The van der Waals surface area contributed by atoms with Gasteiger partial charge in [-0.1, -0.05) is 15.9 Å². The summed E-state index contributed by atoms with van der Waals surface area (Å²) in [6.07, 6.45) is 1.55. The van der Waals surface area contributed by atoms with Gasteiger partial charge in [0.05, 0.1) is 0 Å². The Kier molecular flexibility index (Phi) is 4.77. The van der Waals surface area contributed by atoms with Crippen molar-refractivity contribution < 1.29 is 4.74 Å². The Balaban J connectivity index is 2.21. The highest BCUT2D eigenvalue weighted by atomic mass is 79.9. The van der Waals surface area contributed by atoms with Gasteiger partial charge in [0.15, 0.2) is 5.82 Å². The molecule has 0 atom stereocenters. The standard InChI is InChI=1S/C14H19BrN4O/c1-9(2)19-13(17-8-18-19)7-20-14-10(3)4-12(15)5-11(14)6-16/h4-5,8-9H,6-7,16H2,1-3H3. The Labute approximate surface area is 127 Å². The minimum absolute atomic E-state index is 0.260. The summed E-state index contributed by atoms with van der Waals surface area (Å²) in [4.78, 5) is 4.24. The average Bonchev–Trinajstić information content (AvgIpc) is 2.85. The van der Waals surface area contributed by atoms with Gasteiger partial charge >= 0.3 is 0 Å². The van der Waals surface area contributed by atoms with Gasteiger partial charge in [-0.15, -0.1) is 0 Å². The number of nitrogens with zero attached hydrogens (tertiary/aromatic N) is 3. The smallest absolute Gasteiger partial charge is 0.165 e. The highest BCUT2D eigenvalue weighted by molar-refractivity contribution is 9.10. The second-order valence-corrected chi connectivity index (χ2v) is 5.83. The molecular formula is C14H19BrN4O. The van der Waals surface area contributed by atoms with Crippen molar-refractivity contribution >= 4 is 15.9 Å². The molecule has 6 heteroatoms. The van der Waals surface area contributed by atoms with Crippen LogP contribution < -0.4 is 10.5 Å². The first-order chi connectivity index (χ1) is 9.52. The van der Waals surface area contributed by atoms with Crippen LogP contribution in [0.25, 0.3) is 0 Å². The van der Waals surface area contributed by atoms with Crippen LogP contribution >= 0.6 is 15.9 Å². The lowest BCUT2D eigenvalue weighted by molar-refractivity contribution is 0.278. The lowest BCUT2D eigenvalue weighted by Crippen LogP contribution is -2.12. The largest absolute Gasteiger partial charge is 0.485 e. The summed E-state index contributed by atoms with van der Waals surface area (Å²) >= 11 is 3.47. The molecule has 0 saturated carbocycles. The maximum Gasteiger partial charge on any atom is 0.165 e. The first-order valence-corrected chi connectivity index (χ1v) is 7.32. The monoisotopic (exact) mass is 338 g/mol. The third-order valence-electron chi connectivity index (χ3n) is 3.02. The molecule has 0 saturated heterocycles. The van der Waals surface area contributed by atoms with E-state index in [2.05, 4.69) is 39.9 Å². The van der Waals surface area contributed by atoms with E-state index in [1.54, 1.807) is 6.33 Å². The number of hydrogen-bond donors (Lipinski definition) is 1. The fourth-order valence-corrected chi connectivity index (χ4v) is 2.72. The minimum atomic E-state index is 0.260. The molecule has 0 aliphatic heterocycles. The second-order valence-electron chi connectivity index (χ2n) is 4.92. The summed E-state index contributed by atoms with van der Waals surface area (Å²) in [5.41, 5.74) is 7.81. The zero-order chi connectivity index (χ0) is 14.7. The fraction of sp³-hybridized carbons (Fsp3) is 0.429. The molecule has 0 amide bonds. The SMILES string of the molecule is Cc1cc(Br)cc(CN)c1OCc1ncnn1C(C)C. The van der Waals surface area contributed by atoms with E-state index in [9.17, 15) is 0 Å². The highest BCUT2D eigenvalue weighted by Gasteiger charge is 2.12. The predicted octanol–water partition coefficient (Wildman–Crippen LogP) is 2.97. The van der Waals surface area contributed by atoms with Crippen LogP contribution in [0.3, 0.4) is 0 Å². The number of rotatable bonds is 5. The van der Waals surface area contributed by atoms with Crippen molar-refractivity contribution in [3.8, 4) is 5.75 Å². The number of nitrogens with two attached hydrogens (primary N) is 1. The summed E-state index contributed by atoms with van der Waals surface area (Å²) in [6.45, 7) is 6.95. The molecule has 0 fully saturated rings. The van der Waals surface area contributed by atoms with Crippen LogP contribution in [0.2, 0.25) is 0 Å². The Hall–Kier alpha value is -1.40. The molecule has 2 N–H and O–H groups in total. The molecule has 0 unspecified atom stereocenters. The highest BCUT2D eigenvalue weighted by Crippen LogP contribution is 2.28.